The molecule has 4 aromatic rings. The summed E-state index contributed by atoms with van der Waals surface area (Å²) in [6, 6.07) is 7.60. The first-order chi connectivity index (χ1) is 10.1. The number of hydrogen-bond donors (Lipinski definition) is 0. The third kappa shape index (κ3) is 1.55. The van der Waals surface area contributed by atoms with Crippen molar-refractivity contribution in [3.63, 3.8) is 0 Å². The van der Waals surface area contributed by atoms with E-state index in [1.165, 1.54) is 4.40 Å². The molecule has 0 saturated heterocycles. The van der Waals surface area contributed by atoms with E-state index in [0.29, 0.717) is 11.0 Å². The first kappa shape index (κ1) is 12.3. The van der Waals surface area contributed by atoms with Gasteiger partial charge in [-0.2, -0.15) is 0 Å². The van der Waals surface area contributed by atoms with E-state index in [4.69, 9.17) is 0 Å². The van der Waals surface area contributed by atoms with Crippen LogP contribution in [0.3, 0.4) is 0 Å². The molecule has 0 atom stereocenters. The van der Waals surface area contributed by atoms with E-state index in [1.54, 1.807) is 24.3 Å². The summed E-state index contributed by atoms with van der Waals surface area (Å²) >= 11 is 0.811. The number of aromatic nitrogens is 2. The highest BCUT2D eigenvalue weighted by Crippen LogP contribution is 2.28. The monoisotopic (exact) mass is 306 g/mol. The van der Waals surface area contributed by atoms with Crippen molar-refractivity contribution < 1.29 is 13.2 Å². The van der Waals surface area contributed by atoms with Crippen LogP contribution in [0, 0.1) is 17.5 Å². The van der Waals surface area contributed by atoms with Crippen LogP contribution in [-0.2, 0) is 0 Å². The van der Waals surface area contributed by atoms with Gasteiger partial charge in [0.2, 0.25) is 0 Å². The van der Waals surface area contributed by atoms with Crippen LogP contribution in [0.1, 0.15) is 0 Å². The molecule has 0 fully saturated rings. The Kier molecular flexibility index (Phi) is 2.38. The number of rotatable bonds is 0. The maximum Gasteiger partial charge on any atom is 0.266 e. The smallest absolute Gasteiger partial charge is 0.266 e. The third-order valence-electron chi connectivity index (χ3n) is 3.27. The maximum absolute atomic E-state index is 13.8. The van der Waals surface area contributed by atoms with Crippen molar-refractivity contribution in [1.29, 1.82) is 0 Å². The molecule has 0 aliphatic heterocycles. The predicted molar refractivity (Wildman–Crippen MR) is 74.2 cm³/mol. The fraction of sp³-hybridized carbons (Fsp3) is 0. The molecule has 21 heavy (non-hydrogen) atoms. The second kappa shape index (κ2) is 4.05. The number of para-hydroxylation sites is 2. The molecule has 7 heteroatoms. The highest BCUT2D eigenvalue weighted by molar-refractivity contribution is 7.23. The summed E-state index contributed by atoms with van der Waals surface area (Å²) in [6.45, 7) is 0. The number of benzene rings is 2. The second-order valence-electron chi connectivity index (χ2n) is 4.49. The number of halogens is 3. The Morgan fingerprint density at radius 2 is 1.86 bits per heavy atom. The van der Waals surface area contributed by atoms with Gasteiger partial charge in [0.05, 0.1) is 21.1 Å². The zero-order chi connectivity index (χ0) is 14.7. The van der Waals surface area contributed by atoms with Crippen LogP contribution in [0.25, 0.3) is 26.1 Å². The molecule has 2 heterocycles. The summed E-state index contributed by atoms with van der Waals surface area (Å²) in [5.41, 5.74) is 0.480. The zero-order valence-corrected chi connectivity index (χ0v) is 11.0. The Labute approximate surface area is 118 Å². The van der Waals surface area contributed by atoms with Crippen molar-refractivity contribution in [3.05, 3.63) is 58.1 Å². The first-order valence-corrected chi connectivity index (χ1v) is 6.77. The van der Waals surface area contributed by atoms with Crippen molar-refractivity contribution in [2.75, 3.05) is 0 Å². The van der Waals surface area contributed by atoms with Crippen molar-refractivity contribution in [2.45, 2.75) is 0 Å². The quantitative estimate of drug-likeness (QED) is 0.466. The van der Waals surface area contributed by atoms with Gasteiger partial charge in [-0.3, -0.25) is 4.79 Å². The SMILES string of the molecule is O=c1c2cc(F)c(F)c(F)c2sc2nc3ccccc3n12. The minimum Gasteiger partial charge on any atom is -0.268 e. The van der Waals surface area contributed by atoms with Crippen molar-refractivity contribution in [2.24, 2.45) is 0 Å². The lowest BCUT2D eigenvalue weighted by Gasteiger charge is -2.02. The topological polar surface area (TPSA) is 34.4 Å². The molecule has 2 aromatic heterocycles. The summed E-state index contributed by atoms with van der Waals surface area (Å²) < 4.78 is 41.6. The van der Waals surface area contributed by atoms with Crippen LogP contribution >= 0.6 is 11.3 Å². The Bertz CT molecular complexity index is 1100. The molecule has 0 aliphatic carbocycles. The normalized spacial score (nSPS) is 11.8. The van der Waals surface area contributed by atoms with Gasteiger partial charge in [-0.25, -0.2) is 22.6 Å². The minimum absolute atomic E-state index is 0.202. The molecule has 0 N–H and O–H groups in total. The second-order valence-corrected chi connectivity index (χ2v) is 5.47. The van der Waals surface area contributed by atoms with Gasteiger partial charge >= 0.3 is 0 Å². The number of hydrogen-bond acceptors (Lipinski definition) is 3. The van der Waals surface area contributed by atoms with Crippen LogP contribution in [0.4, 0.5) is 13.2 Å². The fourth-order valence-corrected chi connectivity index (χ4v) is 3.35. The molecule has 4 rings (SSSR count). The Hall–Kier alpha value is -2.41. The number of imidazole rings is 1. The van der Waals surface area contributed by atoms with E-state index < -0.39 is 23.0 Å². The van der Waals surface area contributed by atoms with Crippen LogP contribution in [0.5, 0.6) is 0 Å². The Morgan fingerprint density at radius 3 is 2.67 bits per heavy atom. The summed E-state index contributed by atoms with van der Waals surface area (Å²) in [5, 5.41) is -0.202. The largest absolute Gasteiger partial charge is 0.268 e. The molecule has 0 saturated carbocycles. The lowest BCUT2D eigenvalue weighted by Crippen LogP contribution is -2.13. The molecule has 0 unspecified atom stereocenters. The van der Waals surface area contributed by atoms with Crippen LogP contribution < -0.4 is 5.56 Å². The summed E-state index contributed by atoms with van der Waals surface area (Å²) in [6.07, 6.45) is 0. The average molecular weight is 306 g/mol. The van der Waals surface area contributed by atoms with Gasteiger partial charge in [-0.15, -0.1) is 0 Å². The molecule has 0 radical (unpaired) electrons. The molecule has 104 valence electrons. The highest BCUT2D eigenvalue weighted by atomic mass is 32.1. The lowest BCUT2D eigenvalue weighted by atomic mass is 10.2. The van der Waals surface area contributed by atoms with Gasteiger partial charge in [0.25, 0.3) is 5.56 Å². The Morgan fingerprint density at radius 1 is 1.10 bits per heavy atom. The van der Waals surface area contributed by atoms with Gasteiger partial charge in [0.15, 0.2) is 22.4 Å². The summed E-state index contributed by atoms with van der Waals surface area (Å²) in [7, 11) is 0. The molecular weight excluding hydrogens is 301 g/mol. The molecule has 0 bridgehead atoms. The van der Waals surface area contributed by atoms with Gasteiger partial charge in [-0.1, -0.05) is 23.5 Å². The van der Waals surface area contributed by atoms with Gasteiger partial charge < -0.3 is 0 Å². The van der Waals surface area contributed by atoms with Gasteiger partial charge in [0.1, 0.15) is 0 Å². The summed E-state index contributed by atoms with van der Waals surface area (Å²) in [5.74, 6) is -4.33. The van der Waals surface area contributed by atoms with Gasteiger partial charge in [0, 0.05) is 0 Å². The molecule has 2 aromatic carbocycles. The summed E-state index contributed by atoms with van der Waals surface area (Å²) in [4.78, 5) is 16.9. The molecule has 0 spiro atoms. The lowest BCUT2D eigenvalue weighted by molar-refractivity contribution is 0.454. The minimum atomic E-state index is -1.58. The van der Waals surface area contributed by atoms with E-state index >= 15 is 0 Å². The number of fused-ring (bicyclic) bond motifs is 4. The third-order valence-corrected chi connectivity index (χ3v) is 4.33. The molecule has 0 aliphatic rings. The molecular formula is C14H5F3N2OS. The highest BCUT2D eigenvalue weighted by Gasteiger charge is 2.19. The fourth-order valence-electron chi connectivity index (χ4n) is 2.32. The number of nitrogens with zero attached hydrogens (tertiary/aromatic N) is 2. The molecule has 3 nitrogen and oxygen atoms in total. The van der Waals surface area contributed by atoms with Crippen molar-refractivity contribution >= 4 is 37.4 Å². The molecule has 0 amide bonds. The maximum atomic E-state index is 13.8. The van der Waals surface area contributed by atoms with E-state index in [0.717, 1.165) is 17.4 Å². The van der Waals surface area contributed by atoms with E-state index in [9.17, 15) is 18.0 Å². The van der Waals surface area contributed by atoms with E-state index in [1.807, 2.05) is 0 Å². The van der Waals surface area contributed by atoms with E-state index in [-0.39, 0.29) is 15.0 Å². The average Bonchev–Trinajstić information content (AvgIpc) is 2.85. The zero-order valence-electron chi connectivity index (χ0n) is 10.2. The van der Waals surface area contributed by atoms with Crippen molar-refractivity contribution in [3.8, 4) is 0 Å². The van der Waals surface area contributed by atoms with Crippen molar-refractivity contribution in [1.82, 2.24) is 9.38 Å². The van der Waals surface area contributed by atoms with E-state index in [2.05, 4.69) is 4.98 Å². The van der Waals surface area contributed by atoms with Crippen LogP contribution in [0.15, 0.2) is 35.1 Å². The Balaban J connectivity index is 2.34. The van der Waals surface area contributed by atoms with Gasteiger partial charge in [-0.05, 0) is 18.2 Å². The van der Waals surface area contributed by atoms with Crippen LogP contribution in [-0.4, -0.2) is 9.38 Å². The standard InChI is InChI=1S/C14H5F3N2OS/c15-7-5-6-12(11(17)10(7)16)21-14-18-8-3-1-2-4-9(8)19(14)13(6)20/h1-5H. The predicted octanol–water partition coefficient (Wildman–Crippen LogP) is 3.48. The van der Waals surface area contributed by atoms with Crippen LogP contribution in [0.2, 0.25) is 0 Å². The first-order valence-electron chi connectivity index (χ1n) is 5.95.